The number of nitrogens with zero attached hydrogens (tertiary/aromatic N) is 1. The molecular weight excluding hydrogens is 318 g/mol. The van der Waals surface area contributed by atoms with Crippen molar-refractivity contribution < 1.29 is 31.9 Å². The molecule has 1 aliphatic rings. The molecule has 23 heavy (non-hydrogen) atoms. The third-order valence-electron chi connectivity index (χ3n) is 3.19. The number of hydrogen-bond acceptors (Lipinski definition) is 3. The number of hydrogen-bond donors (Lipinski definition) is 0. The fourth-order valence-electron chi connectivity index (χ4n) is 2.27. The Morgan fingerprint density at radius 3 is 2.00 bits per heavy atom. The zero-order chi connectivity index (χ0) is 16.8. The molecule has 1 heterocycles. The molecule has 0 aromatic heterocycles. The normalized spacial score (nSPS) is 14.2. The van der Waals surface area contributed by atoms with Crippen molar-refractivity contribution in [3.63, 3.8) is 0 Å². The number of carbonyl (C=O) groups excluding carboxylic acids is 2. The first-order chi connectivity index (χ1) is 10.8. The van der Waals surface area contributed by atoms with Crippen LogP contribution in [0.3, 0.4) is 0 Å². The van der Waals surface area contributed by atoms with Crippen LogP contribution in [-0.2, 0) is 0 Å². The smallest absolute Gasteiger partial charge is 0.406 e. The third kappa shape index (κ3) is 2.63. The van der Waals surface area contributed by atoms with Crippen molar-refractivity contribution in [1.29, 1.82) is 0 Å². The van der Waals surface area contributed by atoms with Gasteiger partial charge in [0.1, 0.15) is 11.6 Å². The van der Waals surface area contributed by atoms with Crippen molar-refractivity contribution in [2.45, 2.75) is 6.36 Å². The SMILES string of the molecule is O=C1c2ccccc2C(=O)N1c1cc(OC(F)(F)F)ccc1F. The summed E-state index contributed by atoms with van der Waals surface area (Å²) in [4.78, 5) is 25.0. The Bertz CT molecular complexity index is 782. The van der Waals surface area contributed by atoms with Crippen molar-refractivity contribution in [2.75, 3.05) is 4.90 Å². The molecule has 0 bridgehead atoms. The van der Waals surface area contributed by atoms with Gasteiger partial charge in [0, 0.05) is 6.07 Å². The first kappa shape index (κ1) is 15.0. The number of rotatable bonds is 2. The Kier molecular flexibility index (Phi) is 3.32. The van der Waals surface area contributed by atoms with E-state index in [1.54, 1.807) is 0 Å². The summed E-state index contributed by atoms with van der Waals surface area (Å²) in [5.41, 5.74) is -0.490. The van der Waals surface area contributed by atoms with E-state index in [-0.39, 0.29) is 11.1 Å². The van der Waals surface area contributed by atoms with Crippen LogP contribution in [0.5, 0.6) is 5.75 Å². The fourth-order valence-corrected chi connectivity index (χ4v) is 2.27. The fraction of sp³-hybridized carbons (Fsp3) is 0.0667. The number of anilines is 1. The Morgan fingerprint density at radius 1 is 0.913 bits per heavy atom. The van der Waals surface area contributed by atoms with Crippen LogP contribution in [0.25, 0.3) is 0 Å². The largest absolute Gasteiger partial charge is 0.573 e. The predicted molar refractivity (Wildman–Crippen MR) is 70.7 cm³/mol. The molecule has 0 atom stereocenters. The Balaban J connectivity index is 2.04. The molecule has 1 aliphatic heterocycles. The monoisotopic (exact) mass is 325 g/mol. The minimum absolute atomic E-state index is 0.0547. The molecule has 0 saturated heterocycles. The minimum Gasteiger partial charge on any atom is -0.406 e. The number of imide groups is 1. The topological polar surface area (TPSA) is 46.6 Å². The molecule has 0 N–H and O–H groups in total. The van der Waals surface area contributed by atoms with Gasteiger partial charge >= 0.3 is 6.36 Å². The summed E-state index contributed by atoms with van der Waals surface area (Å²) in [6.07, 6.45) is -4.98. The zero-order valence-electron chi connectivity index (χ0n) is 11.2. The van der Waals surface area contributed by atoms with Gasteiger partial charge in [0.15, 0.2) is 0 Å². The number of halogens is 4. The van der Waals surface area contributed by atoms with E-state index in [0.29, 0.717) is 17.0 Å². The molecule has 2 aromatic rings. The van der Waals surface area contributed by atoms with Gasteiger partial charge in [-0.2, -0.15) is 0 Å². The highest BCUT2D eigenvalue weighted by Gasteiger charge is 2.38. The van der Waals surface area contributed by atoms with E-state index < -0.39 is 35.4 Å². The molecule has 118 valence electrons. The van der Waals surface area contributed by atoms with Crippen LogP contribution in [0.15, 0.2) is 42.5 Å². The van der Waals surface area contributed by atoms with E-state index in [1.807, 2.05) is 0 Å². The van der Waals surface area contributed by atoms with E-state index in [1.165, 1.54) is 24.3 Å². The molecular formula is C15H7F4NO3. The van der Waals surface area contributed by atoms with Crippen LogP contribution in [-0.4, -0.2) is 18.2 Å². The second-order valence-electron chi connectivity index (χ2n) is 4.65. The Labute approximate surface area is 126 Å². The molecule has 3 rings (SSSR count). The van der Waals surface area contributed by atoms with Crippen LogP contribution in [0, 0.1) is 5.82 Å². The number of carbonyl (C=O) groups is 2. The summed E-state index contributed by atoms with van der Waals surface area (Å²) < 4.78 is 54.4. The standard InChI is InChI=1S/C15H7F4NO3/c16-11-6-5-8(23-15(17,18)19)7-12(11)20-13(21)9-3-1-2-4-10(9)14(20)22/h1-7H. The Hall–Kier alpha value is -2.90. The van der Waals surface area contributed by atoms with Gasteiger partial charge in [-0.15, -0.1) is 13.2 Å². The van der Waals surface area contributed by atoms with Gasteiger partial charge in [-0.3, -0.25) is 9.59 Å². The van der Waals surface area contributed by atoms with Gasteiger partial charge < -0.3 is 4.74 Å². The highest BCUT2D eigenvalue weighted by Crippen LogP contribution is 2.34. The average Bonchev–Trinajstić information content (AvgIpc) is 2.72. The van der Waals surface area contributed by atoms with Gasteiger partial charge in [0.25, 0.3) is 11.8 Å². The van der Waals surface area contributed by atoms with Crippen LogP contribution in [0.2, 0.25) is 0 Å². The Morgan fingerprint density at radius 2 is 1.48 bits per heavy atom. The summed E-state index contributed by atoms with van der Waals surface area (Å²) in [6, 6.07) is 7.90. The summed E-state index contributed by atoms with van der Waals surface area (Å²) >= 11 is 0. The molecule has 2 amide bonds. The van der Waals surface area contributed by atoms with Crippen LogP contribution >= 0.6 is 0 Å². The maximum Gasteiger partial charge on any atom is 0.573 e. The van der Waals surface area contributed by atoms with Crippen molar-refractivity contribution in [1.82, 2.24) is 0 Å². The number of amides is 2. The van der Waals surface area contributed by atoms with E-state index in [4.69, 9.17) is 0 Å². The van der Waals surface area contributed by atoms with Crippen molar-refractivity contribution >= 4 is 17.5 Å². The molecule has 0 spiro atoms. The molecule has 0 saturated carbocycles. The molecule has 2 aromatic carbocycles. The molecule has 0 aliphatic carbocycles. The first-order valence-corrected chi connectivity index (χ1v) is 6.31. The number of ether oxygens (including phenoxy) is 1. The molecule has 8 heteroatoms. The summed E-state index contributed by atoms with van der Waals surface area (Å²) in [5, 5.41) is 0. The maximum absolute atomic E-state index is 13.9. The van der Waals surface area contributed by atoms with Crippen LogP contribution < -0.4 is 9.64 Å². The highest BCUT2D eigenvalue weighted by atomic mass is 19.4. The van der Waals surface area contributed by atoms with Crippen molar-refractivity contribution in [2.24, 2.45) is 0 Å². The predicted octanol–water partition coefficient (Wildman–Crippen LogP) is 3.52. The summed E-state index contributed by atoms with van der Waals surface area (Å²) in [5.74, 6) is -3.37. The summed E-state index contributed by atoms with van der Waals surface area (Å²) in [7, 11) is 0. The van der Waals surface area contributed by atoms with Crippen molar-refractivity contribution in [3.05, 3.63) is 59.4 Å². The molecule has 0 radical (unpaired) electrons. The lowest BCUT2D eigenvalue weighted by Crippen LogP contribution is -2.30. The van der Waals surface area contributed by atoms with E-state index in [0.717, 1.165) is 6.07 Å². The van der Waals surface area contributed by atoms with Crippen LogP contribution in [0.1, 0.15) is 20.7 Å². The number of fused-ring (bicyclic) bond motifs is 1. The maximum atomic E-state index is 13.9. The van der Waals surface area contributed by atoms with Crippen molar-refractivity contribution in [3.8, 4) is 5.75 Å². The van der Waals surface area contributed by atoms with E-state index in [2.05, 4.69) is 4.74 Å². The zero-order valence-corrected chi connectivity index (χ0v) is 11.2. The van der Waals surface area contributed by atoms with E-state index >= 15 is 0 Å². The lowest BCUT2D eigenvalue weighted by Gasteiger charge is -2.16. The highest BCUT2D eigenvalue weighted by molar-refractivity contribution is 6.34. The van der Waals surface area contributed by atoms with E-state index in [9.17, 15) is 27.2 Å². The van der Waals surface area contributed by atoms with Gasteiger partial charge in [0.2, 0.25) is 0 Å². The first-order valence-electron chi connectivity index (χ1n) is 6.31. The summed E-state index contributed by atoms with van der Waals surface area (Å²) in [6.45, 7) is 0. The quantitative estimate of drug-likeness (QED) is 0.627. The number of benzene rings is 2. The van der Waals surface area contributed by atoms with Gasteiger partial charge in [-0.05, 0) is 24.3 Å². The molecule has 4 nitrogen and oxygen atoms in total. The molecule has 0 fully saturated rings. The van der Waals surface area contributed by atoms with Gasteiger partial charge in [-0.25, -0.2) is 9.29 Å². The van der Waals surface area contributed by atoms with Crippen LogP contribution in [0.4, 0.5) is 23.2 Å². The molecule has 0 unspecified atom stereocenters. The second-order valence-corrected chi connectivity index (χ2v) is 4.65. The lowest BCUT2D eigenvalue weighted by atomic mass is 10.1. The van der Waals surface area contributed by atoms with Gasteiger partial charge in [0.05, 0.1) is 16.8 Å². The minimum atomic E-state index is -4.98. The lowest BCUT2D eigenvalue weighted by molar-refractivity contribution is -0.274. The second kappa shape index (κ2) is 5.08. The third-order valence-corrected chi connectivity index (χ3v) is 3.19. The number of alkyl halides is 3. The van der Waals surface area contributed by atoms with Gasteiger partial charge in [-0.1, -0.05) is 12.1 Å². The average molecular weight is 325 g/mol.